The van der Waals surface area contributed by atoms with Crippen LogP contribution in [0, 0.1) is 17.6 Å². The predicted octanol–water partition coefficient (Wildman–Crippen LogP) is 4.15. The van der Waals surface area contributed by atoms with Crippen molar-refractivity contribution in [2.45, 2.75) is 38.0 Å². The lowest BCUT2D eigenvalue weighted by Crippen LogP contribution is -2.55. The fourth-order valence-corrected chi connectivity index (χ4v) is 4.54. The van der Waals surface area contributed by atoms with E-state index in [-0.39, 0.29) is 18.9 Å². The zero-order chi connectivity index (χ0) is 28.1. The summed E-state index contributed by atoms with van der Waals surface area (Å²) in [6.45, 7) is 0.974. The number of carboxylic acids is 1. The number of aliphatic carboxylic acids is 1. The van der Waals surface area contributed by atoms with Crippen molar-refractivity contribution in [2.24, 2.45) is 5.92 Å². The zero-order valence-electron chi connectivity index (χ0n) is 21.1. The number of nitrogens with one attached hydrogen (secondary N) is 1. The Labute approximate surface area is 223 Å². The normalized spacial score (nSPS) is 18.2. The van der Waals surface area contributed by atoms with Gasteiger partial charge in [0.05, 0.1) is 18.1 Å². The number of halogens is 2. The van der Waals surface area contributed by atoms with Crippen LogP contribution in [0.3, 0.4) is 0 Å². The molecule has 4 unspecified atom stereocenters. The number of β-lactam (4-membered cyclic amide) rings is 1. The van der Waals surface area contributed by atoms with Crippen molar-refractivity contribution in [3.05, 3.63) is 95.6 Å². The van der Waals surface area contributed by atoms with Crippen LogP contribution in [0.2, 0.25) is 0 Å². The number of rotatable bonds is 11. The van der Waals surface area contributed by atoms with Crippen LogP contribution in [0.15, 0.2) is 72.8 Å². The Hall–Kier alpha value is -4.31. The van der Waals surface area contributed by atoms with Gasteiger partial charge in [0.25, 0.3) is 5.91 Å². The Balaban J connectivity index is 1.47. The largest absolute Gasteiger partial charge is 0.484 e. The number of aliphatic hydroxyl groups is 1. The van der Waals surface area contributed by atoms with E-state index in [1.165, 1.54) is 55.5 Å². The lowest BCUT2D eigenvalue weighted by atomic mass is 9.78. The maximum Gasteiger partial charge on any atom is 0.325 e. The summed E-state index contributed by atoms with van der Waals surface area (Å²) in [4.78, 5) is 37.5. The molecule has 1 fully saturated rings. The topological polar surface area (TPSA) is 116 Å². The second-order valence-corrected chi connectivity index (χ2v) is 9.37. The summed E-state index contributed by atoms with van der Waals surface area (Å²) in [5.74, 6) is -2.82. The van der Waals surface area contributed by atoms with Crippen molar-refractivity contribution in [1.29, 1.82) is 0 Å². The predicted molar refractivity (Wildman–Crippen MR) is 138 cm³/mol. The highest BCUT2D eigenvalue weighted by Crippen LogP contribution is 2.46. The minimum Gasteiger partial charge on any atom is -0.484 e. The van der Waals surface area contributed by atoms with Gasteiger partial charge in [0, 0.05) is 5.69 Å². The first-order valence-corrected chi connectivity index (χ1v) is 12.4. The second kappa shape index (κ2) is 12.0. The van der Waals surface area contributed by atoms with Crippen molar-refractivity contribution < 1.29 is 38.1 Å². The molecule has 3 aromatic rings. The maximum absolute atomic E-state index is 13.5. The van der Waals surface area contributed by atoms with Gasteiger partial charge >= 0.3 is 5.97 Å². The van der Waals surface area contributed by atoms with Crippen LogP contribution in [-0.4, -0.2) is 40.6 Å². The van der Waals surface area contributed by atoms with Crippen molar-refractivity contribution in [3.8, 4) is 5.75 Å². The summed E-state index contributed by atoms with van der Waals surface area (Å²) in [5, 5.41) is 21.8. The third-order valence-electron chi connectivity index (χ3n) is 6.66. The smallest absolute Gasteiger partial charge is 0.325 e. The number of carbonyl (C=O) groups is 3. The van der Waals surface area contributed by atoms with Gasteiger partial charge in [-0.2, -0.15) is 0 Å². The molecule has 204 valence electrons. The van der Waals surface area contributed by atoms with Crippen molar-refractivity contribution in [1.82, 2.24) is 5.32 Å². The summed E-state index contributed by atoms with van der Waals surface area (Å²) in [7, 11) is 0. The molecule has 3 aromatic carbocycles. The minimum absolute atomic E-state index is 0.164. The van der Waals surface area contributed by atoms with E-state index in [1.54, 1.807) is 29.2 Å². The van der Waals surface area contributed by atoms with Gasteiger partial charge in [0.1, 0.15) is 23.4 Å². The number of carbonyl (C=O) groups excluding carboxylic acids is 2. The standard InChI is InChI=1S/C29H28F2N2O6/c1-17(29(37)38)32-26(35)16-39-23-12-4-19(5-13-23)27-24(14-15-25(34)18-2-6-20(30)7-3-18)28(36)33(27)22-10-8-21(31)9-11-22/h2-13,17,24-25,27,34H,14-16H2,1H3,(H,32,35)(H,37,38). The summed E-state index contributed by atoms with van der Waals surface area (Å²) in [6.07, 6.45) is -0.231. The summed E-state index contributed by atoms with van der Waals surface area (Å²) in [6, 6.07) is 16.5. The van der Waals surface area contributed by atoms with Crippen LogP contribution in [-0.2, 0) is 14.4 Å². The van der Waals surface area contributed by atoms with Crippen molar-refractivity contribution >= 4 is 23.5 Å². The molecule has 1 aliphatic rings. The molecule has 4 rings (SSSR count). The van der Waals surface area contributed by atoms with Crippen molar-refractivity contribution in [3.63, 3.8) is 0 Å². The third kappa shape index (κ3) is 6.58. The van der Waals surface area contributed by atoms with Gasteiger partial charge in [0.2, 0.25) is 5.91 Å². The van der Waals surface area contributed by atoms with E-state index >= 15 is 0 Å². The summed E-state index contributed by atoms with van der Waals surface area (Å²) in [5.41, 5.74) is 1.86. The molecular weight excluding hydrogens is 510 g/mol. The molecule has 2 amide bonds. The highest BCUT2D eigenvalue weighted by Gasteiger charge is 2.48. The lowest BCUT2D eigenvalue weighted by molar-refractivity contribution is -0.141. The molecule has 8 nitrogen and oxygen atoms in total. The average Bonchev–Trinajstić information content (AvgIpc) is 2.92. The summed E-state index contributed by atoms with van der Waals surface area (Å²) < 4.78 is 32.2. The molecule has 1 aliphatic heterocycles. The molecule has 0 aromatic heterocycles. The number of carboxylic acid groups (broad SMARTS) is 1. The van der Waals surface area contributed by atoms with E-state index in [2.05, 4.69) is 5.32 Å². The van der Waals surface area contributed by atoms with Crippen LogP contribution in [0.1, 0.15) is 43.0 Å². The first-order valence-electron chi connectivity index (χ1n) is 12.4. The molecule has 0 aliphatic carbocycles. The lowest BCUT2D eigenvalue weighted by Gasteiger charge is -2.48. The van der Waals surface area contributed by atoms with E-state index in [0.717, 1.165) is 5.56 Å². The van der Waals surface area contributed by atoms with Gasteiger partial charge in [-0.1, -0.05) is 24.3 Å². The van der Waals surface area contributed by atoms with Gasteiger partial charge < -0.3 is 25.2 Å². The van der Waals surface area contributed by atoms with Gasteiger partial charge in [-0.25, -0.2) is 8.78 Å². The molecule has 4 atom stereocenters. The van der Waals surface area contributed by atoms with E-state index in [4.69, 9.17) is 9.84 Å². The molecule has 0 bridgehead atoms. The number of hydrogen-bond donors (Lipinski definition) is 3. The number of aliphatic hydroxyl groups excluding tert-OH is 1. The maximum atomic E-state index is 13.5. The van der Waals surface area contributed by atoms with Gasteiger partial charge in [-0.3, -0.25) is 14.4 Å². The highest BCUT2D eigenvalue weighted by atomic mass is 19.1. The first-order chi connectivity index (χ1) is 18.6. The Morgan fingerprint density at radius 2 is 1.56 bits per heavy atom. The molecule has 0 spiro atoms. The number of benzene rings is 3. The fourth-order valence-electron chi connectivity index (χ4n) is 4.54. The number of anilines is 1. The molecule has 10 heteroatoms. The van der Waals surface area contributed by atoms with E-state index in [9.17, 15) is 28.3 Å². The number of amides is 2. The molecule has 0 radical (unpaired) electrons. The number of ether oxygens (including phenoxy) is 1. The Morgan fingerprint density at radius 3 is 2.15 bits per heavy atom. The second-order valence-electron chi connectivity index (χ2n) is 9.37. The Bertz CT molecular complexity index is 1320. The van der Waals surface area contributed by atoms with Gasteiger partial charge in [-0.05, 0) is 79.4 Å². The monoisotopic (exact) mass is 538 g/mol. The SMILES string of the molecule is CC(NC(=O)COc1ccc(C2C(CCC(O)c3ccc(F)cc3)C(=O)N2c2ccc(F)cc2)cc1)C(=O)O. The number of nitrogens with zero attached hydrogens (tertiary/aromatic N) is 1. The van der Waals surface area contributed by atoms with Crippen molar-refractivity contribution in [2.75, 3.05) is 11.5 Å². The third-order valence-corrected chi connectivity index (χ3v) is 6.66. The van der Waals surface area contributed by atoms with Crippen LogP contribution >= 0.6 is 0 Å². The Morgan fingerprint density at radius 1 is 0.974 bits per heavy atom. The number of hydrogen-bond acceptors (Lipinski definition) is 5. The first kappa shape index (κ1) is 27.7. The van der Waals surface area contributed by atoms with Gasteiger partial charge in [0.15, 0.2) is 6.61 Å². The zero-order valence-corrected chi connectivity index (χ0v) is 21.1. The molecule has 1 heterocycles. The Kier molecular flexibility index (Phi) is 8.55. The summed E-state index contributed by atoms with van der Waals surface area (Å²) >= 11 is 0. The van der Waals surface area contributed by atoms with Crippen LogP contribution in [0.4, 0.5) is 14.5 Å². The molecule has 1 saturated heterocycles. The van der Waals surface area contributed by atoms with E-state index < -0.39 is 47.6 Å². The van der Waals surface area contributed by atoms with Crippen LogP contribution in [0.5, 0.6) is 5.75 Å². The molecular formula is C29H28F2N2O6. The van der Waals surface area contributed by atoms with E-state index in [0.29, 0.717) is 23.4 Å². The van der Waals surface area contributed by atoms with Crippen LogP contribution < -0.4 is 15.0 Å². The van der Waals surface area contributed by atoms with Crippen LogP contribution in [0.25, 0.3) is 0 Å². The quantitative estimate of drug-likeness (QED) is 0.316. The fraction of sp³-hybridized carbons (Fsp3) is 0.276. The molecule has 3 N–H and O–H groups in total. The molecule has 39 heavy (non-hydrogen) atoms. The minimum atomic E-state index is -1.16. The average molecular weight is 539 g/mol. The van der Waals surface area contributed by atoms with E-state index in [1.807, 2.05) is 0 Å². The highest BCUT2D eigenvalue weighted by molar-refractivity contribution is 6.03. The van der Waals surface area contributed by atoms with Gasteiger partial charge in [-0.15, -0.1) is 0 Å². The molecule has 0 saturated carbocycles.